The summed E-state index contributed by atoms with van der Waals surface area (Å²) in [5.74, 6) is -2.09. The maximum atomic E-state index is 12.8. The summed E-state index contributed by atoms with van der Waals surface area (Å²) in [6.07, 6.45) is -0.480. The molecule has 0 heterocycles. The van der Waals surface area contributed by atoms with Crippen LogP contribution < -0.4 is 5.32 Å². The number of nitrogens with one attached hydrogen (secondary N) is 1. The van der Waals surface area contributed by atoms with Crippen molar-refractivity contribution >= 4 is 29.4 Å². The molecule has 3 unspecified atom stereocenters. The van der Waals surface area contributed by atoms with Crippen molar-refractivity contribution in [2.24, 2.45) is 5.92 Å². The van der Waals surface area contributed by atoms with E-state index < -0.39 is 58.2 Å². The van der Waals surface area contributed by atoms with Crippen molar-refractivity contribution in [2.45, 2.75) is 104 Å². The van der Waals surface area contributed by atoms with Crippen LogP contribution in [0.5, 0.6) is 0 Å². The van der Waals surface area contributed by atoms with E-state index in [4.69, 9.17) is 18.8 Å². The molecule has 0 aliphatic rings. The van der Waals surface area contributed by atoms with E-state index in [9.17, 15) is 18.6 Å². The normalized spacial score (nSPS) is 15.3. The number of esters is 2. The van der Waals surface area contributed by atoms with E-state index in [1.807, 2.05) is 0 Å². The fourth-order valence-electron chi connectivity index (χ4n) is 2.50. The smallest absolute Gasteiger partial charge is 0.408 e. The van der Waals surface area contributed by atoms with Crippen LogP contribution in [0.3, 0.4) is 0 Å². The topological polar surface area (TPSA) is 137 Å². The van der Waals surface area contributed by atoms with Crippen molar-refractivity contribution in [3.8, 4) is 0 Å². The van der Waals surface area contributed by atoms with Crippen LogP contribution in [-0.2, 0) is 39.3 Å². The van der Waals surface area contributed by atoms with E-state index in [0.717, 1.165) is 0 Å². The number of rotatable bonds is 10. The van der Waals surface area contributed by atoms with E-state index in [2.05, 4.69) is 9.50 Å². The number of alkyl carbamates (subject to hydrolysis) is 1. The van der Waals surface area contributed by atoms with Gasteiger partial charge in [0.15, 0.2) is 0 Å². The van der Waals surface area contributed by atoms with Gasteiger partial charge in [-0.3, -0.25) is 13.5 Å². The Morgan fingerprint density at radius 1 is 0.844 bits per heavy atom. The molecule has 0 fully saturated rings. The second kappa shape index (κ2) is 12.5. The highest BCUT2D eigenvalue weighted by Gasteiger charge is 2.34. The molecule has 0 bridgehead atoms. The molecule has 11 heteroatoms. The Morgan fingerprint density at radius 3 is 1.75 bits per heavy atom. The van der Waals surface area contributed by atoms with Crippen molar-refractivity contribution in [3.05, 3.63) is 0 Å². The van der Waals surface area contributed by atoms with Crippen LogP contribution in [0.4, 0.5) is 4.79 Å². The Bertz CT molecular complexity index is 660. The summed E-state index contributed by atoms with van der Waals surface area (Å²) in [7, 11) is 0. The van der Waals surface area contributed by atoms with Crippen LogP contribution in [0.25, 0.3) is 0 Å². The average Bonchev–Trinajstić information content (AvgIpc) is 2.51. The summed E-state index contributed by atoms with van der Waals surface area (Å²) in [6.45, 7) is 15.2. The highest BCUT2D eigenvalue weighted by molar-refractivity contribution is 7.74. The van der Waals surface area contributed by atoms with Gasteiger partial charge in [-0.05, 0) is 81.6 Å². The molecule has 3 atom stereocenters. The number of hydrogen-bond donors (Lipinski definition) is 2. The zero-order chi connectivity index (χ0) is 25.3. The SMILES string of the molecule is CC(C)(C)OC(=O)NC(CC(CCCOS(=O)O)C(=O)OC(C)(C)C)C(=O)OC(C)(C)C. The predicted octanol–water partition coefficient (Wildman–Crippen LogP) is 3.50. The van der Waals surface area contributed by atoms with Gasteiger partial charge in [0, 0.05) is 0 Å². The third-order valence-corrected chi connectivity index (χ3v) is 3.89. The summed E-state index contributed by atoms with van der Waals surface area (Å²) in [6, 6.07) is -1.17. The van der Waals surface area contributed by atoms with Crippen molar-refractivity contribution in [1.82, 2.24) is 5.32 Å². The zero-order valence-corrected chi connectivity index (χ0v) is 21.4. The van der Waals surface area contributed by atoms with Gasteiger partial charge >= 0.3 is 29.4 Å². The summed E-state index contributed by atoms with van der Waals surface area (Å²) in [5.41, 5.74) is -2.37. The van der Waals surface area contributed by atoms with E-state index in [1.54, 1.807) is 62.3 Å². The molecule has 1 amide bonds. The molecule has 0 rings (SSSR count). The van der Waals surface area contributed by atoms with Crippen molar-refractivity contribution in [3.63, 3.8) is 0 Å². The second-order valence-electron chi connectivity index (χ2n) is 10.4. The minimum atomic E-state index is -2.42. The predicted molar refractivity (Wildman–Crippen MR) is 119 cm³/mol. The summed E-state index contributed by atoms with van der Waals surface area (Å²) < 4.78 is 40.1. The first-order valence-electron chi connectivity index (χ1n) is 10.5. The molecule has 0 saturated heterocycles. The molecule has 0 spiro atoms. The maximum Gasteiger partial charge on any atom is 0.408 e. The molecule has 0 aromatic heterocycles. The Morgan fingerprint density at radius 2 is 1.31 bits per heavy atom. The third kappa shape index (κ3) is 16.0. The lowest BCUT2D eigenvalue weighted by molar-refractivity contribution is -0.163. The van der Waals surface area contributed by atoms with Gasteiger partial charge < -0.3 is 19.5 Å². The highest BCUT2D eigenvalue weighted by Crippen LogP contribution is 2.22. The lowest BCUT2D eigenvalue weighted by Gasteiger charge is -2.29. The van der Waals surface area contributed by atoms with Crippen LogP contribution in [0.15, 0.2) is 0 Å². The highest BCUT2D eigenvalue weighted by atomic mass is 32.2. The molecule has 0 aliphatic carbocycles. The summed E-state index contributed by atoms with van der Waals surface area (Å²) in [5, 5.41) is 2.49. The lowest BCUT2D eigenvalue weighted by Crippen LogP contribution is -2.47. The zero-order valence-electron chi connectivity index (χ0n) is 20.6. The van der Waals surface area contributed by atoms with Gasteiger partial charge in [-0.25, -0.2) is 9.59 Å². The van der Waals surface area contributed by atoms with Crippen molar-refractivity contribution in [2.75, 3.05) is 6.61 Å². The molecule has 0 radical (unpaired) electrons. The van der Waals surface area contributed by atoms with Gasteiger partial charge in [0.2, 0.25) is 0 Å². The standard InChI is InChI=1S/C21H39NO9S/c1-19(2,3)29-16(23)14(11-10-12-28-32(26)27)13-15(17(24)30-20(4,5)6)22-18(25)31-21(7,8)9/h14-15H,10-13H2,1-9H3,(H,22,25)(H,26,27). The van der Waals surface area contributed by atoms with Gasteiger partial charge in [0.1, 0.15) is 22.8 Å². The Hall–Kier alpha value is -1.72. The van der Waals surface area contributed by atoms with Gasteiger partial charge in [0.05, 0.1) is 12.5 Å². The maximum absolute atomic E-state index is 12.8. The first-order chi connectivity index (χ1) is 14.3. The molecule has 188 valence electrons. The molecular formula is C21H39NO9S. The molecular weight excluding hydrogens is 442 g/mol. The first kappa shape index (κ1) is 30.3. The lowest BCUT2D eigenvalue weighted by atomic mass is 9.94. The number of amides is 1. The van der Waals surface area contributed by atoms with Crippen molar-refractivity contribution < 1.29 is 41.5 Å². The van der Waals surface area contributed by atoms with Gasteiger partial charge in [-0.2, -0.15) is 4.21 Å². The van der Waals surface area contributed by atoms with Crippen LogP contribution in [-0.4, -0.2) is 56.2 Å². The molecule has 2 N–H and O–H groups in total. The van der Waals surface area contributed by atoms with Crippen LogP contribution in [0, 0.1) is 5.92 Å². The number of ether oxygens (including phenoxy) is 3. The second-order valence-corrected chi connectivity index (χ2v) is 11.0. The largest absolute Gasteiger partial charge is 0.460 e. The van der Waals surface area contributed by atoms with Crippen molar-refractivity contribution in [1.29, 1.82) is 0 Å². The Labute approximate surface area is 193 Å². The minimum Gasteiger partial charge on any atom is -0.460 e. The molecule has 0 aliphatic heterocycles. The molecule has 0 saturated carbocycles. The van der Waals surface area contributed by atoms with Crippen LogP contribution >= 0.6 is 0 Å². The molecule has 32 heavy (non-hydrogen) atoms. The van der Waals surface area contributed by atoms with Gasteiger partial charge in [-0.15, -0.1) is 0 Å². The quantitative estimate of drug-likeness (QED) is 0.208. The fourth-order valence-corrected chi connectivity index (χ4v) is 2.76. The van der Waals surface area contributed by atoms with E-state index in [0.29, 0.717) is 0 Å². The first-order valence-corrected chi connectivity index (χ1v) is 11.5. The van der Waals surface area contributed by atoms with Crippen LogP contribution in [0.1, 0.15) is 81.6 Å². The third-order valence-electron chi connectivity index (χ3n) is 3.52. The minimum absolute atomic E-state index is 0.0704. The Kier molecular flexibility index (Phi) is 11.8. The Balaban J connectivity index is 5.60. The monoisotopic (exact) mass is 481 g/mol. The van der Waals surface area contributed by atoms with E-state index >= 15 is 0 Å². The summed E-state index contributed by atoms with van der Waals surface area (Å²) in [4.78, 5) is 37.9. The average molecular weight is 482 g/mol. The number of carbonyl (C=O) groups is 3. The molecule has 10 nitrogen and oxygen atoms in total. The molecule has 0 aromatic rings. The van der Waals surface area contributed by atoms with E-state index in [1.165, 1.54) is 0 Å². The number of carbonyl (C=O) groups excluding carboxylic acids is 3. The molecule has 0 aromatic carbocycles. The van der Waals surface area contributed by atoms with E-state index in [-0.39, 0.29) is 25.9 Å². The fraction of sp³-hybridized carbons (Fsp3) is 0.857. The van der Waals surface area contributed by atoms with Gasteiger partial charge in [-0.1, -0.05) is 0 Å². The summed E-state index contributed by atoms with van der Waals surface area (Å²) >= 11 is -2.42. The van der Waals surface area contributed by atoms with Gasteiger partial charge in [0.25, 0.3) is 0 Å². The van der Waals surface area contributed by atoms with Crippen LogP contribution in [0.2, 0.25) is 0 Å². The number of hydrogen-bond acceptors (Lipinski definition) is 8.